The molecular formula is C10H14ClN. The number of nitrogens with zero attached hydrogens (tertiary/aromatic N) is 1. The number of halogens is 1. The maximum Gasteiger partial charge on any atom is 0.0270 e. The Labute approximate surface area is 78.8 Å². The van der Waals surface area contributed by atoms with Gasteiger partial charge in [0.1, 0.15) is 0 Å². The molecule has 12 heavy (non-hydrogen) atoms. The quantitative estimate of drug-likeness (QED) is 0.505. The van der Waals surface area contributed by atoms with Gasteiger partial charge >= 0.3 is 0 Å². The fourth-order valence-electron chi connectivity index (χ4n) is 1.15. The molecule has 1 rings (SSSR count). The Morgan fingerprint density at radius 2 is 1.83 bits per heavy atom. The molecule has 0 amide bonds. The summed E-state index contributed by atoms with van der Waals surface area (Å²) in [6, 6.07) is 4.14. The minimum Gasteiger partial charge on any atom is -0.265 e. The molecule has 2 heteroatoms. The second-order valence-electron chi connectivity index (χ2n) is 2.86. The van der Waals surface area contributed by atoms with Crippen LogP contribution in [-0.2, 0) is 6.42 Å². The van der Waals surface area contributed by atoms with E-state index in [-0.39, 0.29) is 0 Å². The van der Waals surface area contributed by atoms with Crippen LogP contribution in [0.5, 0.6) is 0 Å². The van der Waals surface area contributed by atoms with Gasteiger partial charge in [-0.2, -0.15) is 0 Å². The summed E-state index contributed by atoms with van der Waals surface area (Å²) in [4.78, 5) is 3.97. The lowest BCUT2D eigenvalue weighted by atomic mass is 10.1. The van der Waals surface area contributed by atoms with Gasteiger partial charge in [0.25, 0.3) is 0 Å². The topological polar surface area (TPSA) is 12.9 Å². The first-order chi connectivity index (χ1) is 5.93. The molecule has 1 aromatic rings. The summed E-state index contributed by atoms with van der Waals surface area (Å²) in [6.45, 7) is 0. The molecule has 1 aromatic heterocycles. The molecule has 0 fully saturated rings. The second-order valence-corrected chi connectivity index (χ2v) is 3.23. The number of unbranched alkanes of at least 4 members (excludes halogenated alkanes) is 2. The highest BCUT2D eigenvalue weighted by Gasteiger charge is 1.91. The van der Waals surface area contributed by atoms with Gasteiger partial charge in [0, 0.05) is 18.3 Å². The van der Waals surface area contributed by atoms with Crippen molar-refractivity contribution < 1.29 is 0 Å². The standard InChI is InChI=1S/C10H14ClN/c11-7-3-1-2-4-10-5-8-12-9-6-10/h5-6,8-9H,1-4,7H2. The number of hydrogen-bond donors (Lipinski definition) is 0. The molecule has 0 aliphatic rings. The summed E-state index contributed by atoms with van der Waals surface area (Å²) in [5, 5.41) is 0. The van der Waals surface area contributed by atoms with Gasteiger partial charge in [-0.15, -0.1) is 11.6 Å². The normalized spacial score (nSPS) is 10.1. The van der Waals surface area contributed by atoms with E-state index in [2.05, 4.69) is 17.1 Å². The van der Waals surface area contributed by atoms with Crippen molar-refractivity contribution >= 4 is 11.6 Å². The van der Waals surface area contributed by atoms with Crippen LogP contribution in [0.1, 0.15) is 24.8 Å². The smallest absolute Gasteiger partial charge is 0.0270 e. The van der Waals surface area contributed by atoms with Crippen LogP contribution in [0, 0.1) is 0 Å². The number of aromatic nitrogens is 1. The number of alkyl halides is 1. The zero-order valence-corrected chi connectivity index (χ0v) is 7.93. The van der Waals surface area contributed by atoms with Gasteiger partial charge in [-0.3, -0.25) is 4.98 Å². The second kappa shape index (κ2) is 6.01. The minimum atomic E-state index is 0.788. The first-order valence-electron chi connectivity index (χ1n) is 4.38. The molecule has 0 aliphatic carbocycles. The van der Waals surface area contributed by atoms with Crippen molar-refractivity contribution in [1.82, 2.24) is 4.98 Å². The number of rotatable bonds is 5. The summed E-state index contributed by atoms with van der Waals surface area (Å²) in [5.41, 5.74) is 1.37. The van der Waals surface area contributed by atoms with Crippen molar-refractivity contribution in [3.63, 3.8) is 0 Å². The van der Waals surface area contributed by atoms with Crippen LogP contribution in [-0.4, -0.2) is 10.9 Å². The first-order valence-corrected chi connectivity index (χ1v) is 4.92. The summed E-state index contributed by atoms with van der Waals surface area (Å²) in [5.74, 6) is 0.788. The number of pyridine rings is 1. The fourth-order valence-corrected chi connectivity index (χ4v) is 1.34. The summed E-state index contributed by atoms with van der Waals surface area (Å²) in [7, 11) is 0. The predicted molar refractivity (Wildman–Crippen MR) is 52.5 cm³/mol. The lowest BCUT2D eigenvalue weighted by Gasteiger charge is -1.98. The maximum atomic E-state index is 5.57. The van der Waals surface area contributed by atoms with Crippen LogP contribution >= 0.6 is 11.6 Å². The van der Waals surface area contributed by atoms with Crippen molar-refractivity contribution in [3.8, 4) is 0 Å². The van der Waals surface area contributed by atoms with E-state index in [1.165, 1.54) is 18.4 Å². The molecule has 0 saturated carbocycles. The molecule has 0 N–H and O–H groups in total. The highest BCUT2D eigenvalue weighted by atomic mass is 35.5. The zero-order chi connectivity index (χ0) is 8.65. The van der Waals surface area contributed by atoms with E-state index in [4.69, 9.17) is 11.6 Å². The van der Waals surface area contributed by atoms with Crippen LogP contribution < -0.4 is 0 Å². The molecule has 0 spiro atoms. The molecule has 0 unspecified atom stereocenters. The maximum absolute atomic E-state index is 5.57. The van der Waals surface area contributed by atoms with Gasteiger partial charge in [0.2, 0.25) is 0 Å². The van der Waals surface area contributed by atoms with E-state index >= 15 is 0 Å². The molecular weight excluding hydrogens is 170 g/mol. The minimum absolute atomic E-state index is 0.788. The van der Waals surface area contributed by atoms with Gasteiger partial charge in [-0.1, -0.05) is 6.42 Å². The Balaban J connectivity index is 2.16. The zero-order valence-electron chi connectivity index (χ0n) is 7.17. The van der Waals surface area contributed by atoms with Crippen LogP contribution in [0.15, 0.2) is 24.5 Å². The SMILES string of the molecule is ClCCCCCc1ccncc1. The Morgan fingerprint density at radius 1 is 1.08 bits per heavy atom. The molecule has 0 aliphatic heterocycles. The van der Waals surface area contributed by atoms with Gasteiger partial charge in [-0.05, 0) is 37.0 Å². The van der Waals surface area contributed by atoms with Crippen molar-refractivity contribution in [2.24, 2.45) is 0 Å². The van der Waals surface area contributed by atoms with E-state index in [1.807, 2.05) is 12.4 Å². The third-order valence-electron chi connectivity index (χ3n) is 1.85. The Morgan fingerprint density at radius 3 is 2.50 bits per heavy atom. The first kappa shape index (κ1) is 9.53. The van der Waals surface area contributed by atoms with Crippen molar-refractivity contribution in [3.05, 3.63) is 30.1 Å². The van der Waals surface area contributed by atoms with Crippen LogP contribution in [0.4, 0.5) is 0 Å². The highest BCUT2D eigenvalue weighted by Crippen LogP contribution is 2.05. The van der Waals surface area contributed by atoms with Gasteiger partial charge in [-0.25, -0.2) is 0 Å². The number of hydrogen-bond acceptors (Lipinski definition) is 1. The molecule has 1 nitrogen and oxygen atoms in total. The largest absolute Gasteiger partial charge is 0.265 e. The lowest BCUT2D eigenvalue weighted by molar-refractivity contribution is 0.720. The van der Waals surface area contributed by atoms with Crippen LogP contribution in [0.3, 0.4) is 0 Å². The third-order valence-corrected chi connectivity index (χ3v) is 2.12. The van der Waals surface area contributed by atoms with E-state index in [9.17, 15) is 0 Å². The van der Waals surface area contributed by atoms with Gasteiger partial charge < -0.3 is 0 Å². The monoisotopic (exact) mass is 183 g/mol. The van der Waals surface area contributed by atoms with Gasteiger partial charge in [0.15, 0.2) is 0 Å². The van der Waals surface area contributed by atoms with E-state index in [0.717, 1.165) is 18.7 Å². The summed E-state index contributed by atoms with van der Waals surface area (Å²) >= 11 is 5.57. The van der Waals surface area contributed by atoms with Crippen LogP contribution in [0.25, 0.3) is 0 Å². The summed E-state index contributed by atoms with van der Waals surface area (Å²) in [6.07, 6.45) is 8.43. The fraction of sp³-hybridized carbons (Fsp3) is 0.500. The average molecular weight is 184 g/mol. The van der Waals surface area contributed by atoms with E-state index < -0.39 is 0 Å². The van der Waals surface area contributed by atoms with Crippen molar-refractivity contribution in [2.75, 3.05) is 5.88 Å². The molecule has 66 valence electrons. The lowest BCUT2D eigenvalue weighted by Crippen LogP contribution is -1.86. The molecule has 0 bridgehead atoms. The molecule has 0 atom stereocenters. The average Bonchev–Trinajstić information content (AvgIpc) is 2.14. The third kappa shape index (κ3) is 3.72. The van der Waals surface area contributed by atoms with E-state index in [1.54, 1.807) is 0 Å². The Hall–Kier alpha value is -0.560. The Bertz CT molecular complexity index is 198. The Kier molecular flexibility index (Phi) is 4.77. The molecule has 0 saturated heterocycles. The predicted octanol–water partition coefficient (Wildman–Crippen LogP) is 3.03. The molecule has 0 radical (unpaired) electrons. The highest BCUT2D eigenvalue weighted by molar-refractivity contribution is 6.17. The van der Waals surface area contributed by atoms with Crippen molar-refractivity contribution in [1.29, 1.82) is 0 Å². The van der Waals surface area contributed by atoms with Crippen LogP contribution in [0.2, 0.25) is 0 Å². The van der Waals surface area contributed by atoms with Crippen molar-refractivity contribution in [2.45, 2.75) is 25.7 Å². The molecule has 1 heterocycles. The van der Waals surface area contributed by atoms with E-state index in [0.29, 0.717) is 0 Å². The number of aryl methyl sites for hydroxylation is 1. The summed E-state index contributed by atoms with van der Waals surface area (Å²) < 4.78 is 0. The molecule has 0 aromatic carbocycles. The van der Waals surface area contributed by atoms with Gasteiger partial charge in [0.05, 0.1) is 0 Å².